The van der Waals surface area contributed by atoms with Crippen LogP contribution < -0.4 is 5.32 Å². The minimum Gasteiger partial charge on any atom is -0.480 e. The summed E-state index contributed by atoms with van der Waals surface area (Å²) in [6, 6.07) is 9.38. The highest BCUT2D eigenvalue weighted by atomic mass is 16.4. The Kier molecular flexibility index (Phi) is 6.23. The van der Waals surface area contributed by atoms with Gasteiger partial charge in [-0.1, -0.05) is 51.1 Å². The van der Waals surface area contributed by atoms with E-state index in [1.807, 2.05) is 30.3 Å². The van der Waals surface area contributed by atoms with Gasteiger partial charge in [-0.05, 0) is 61.5 Å². The van der Waals surface area contributed by atoms with Gasteiger partial charge in [-0.2, -0.15) is 0 Å². The number of aliphatic carboxylic acids is 1. The summed E-state index contributed by atoms with van der Waals surface area (Å²) < 4.78 is 0. The van der Waals surface area contributed by atoms with Crippen LogP contribution in [-0.2, 0) is 11.2 Å². The van der Waals surface area contributed by atoms with Gasteiger partial charge in [0, 0.05) is 0 Å². The van der Waals surface area contributed by atoms with Crippen LogP contribution in [0.3, 0.4) is 0 Å². The van der Waals surface area contributed by atoms with Crippen LogP contribution in [0, 0.1) is 17.3 Å². The average Bonchev–Trinajstić information content (AvgIpc) is 2.51. The van der Waals surface area contributed by atoms with Gasteiger partial charge in [-0.15, -0.1) is 0 Å². The molecule has 0 bridgehead atoms. The fourth-order valence-corrected chi connectivity index (χ4v) is 3.64. The minimum absolute atomic E-state index is 0.398. The van der Waals surface area contributed by atoms with E-state index in [2.05, 4.69) is 26.1 Å². The van der Waals surface area contributed by atoms with E-state index in [1.54, 1.807) is 0 Å². The van der Waals surface area contributed by atoms with Crippen molar-refractivity contribution in [3.63, 3.8) is 0 Å². The molecule has 128 valence electrons. The number of benzene rings is 1. The molecule has 0 heterocycles. The second kappa shape index (κ2) is 7.96. The molecule has 0 saturated heterocycles. The minimum atomic E-state index is -0.753. The Bertz CT molecular complexity index is 484. The van der Waals surface area contributed by atoms with Gasteiger partial charge >= 0.3 is 5.97 Å². The SMILES string of the molecule is CC(C)(C)C1CCC(CNC(Cc2ccccc2)C(=O)O)CC1. The molecule has 1 aromatic rings. The fourth-order valence-electron chi connectivity index (χ4n) is 3.64. The van der Waals surface area contributed by atoms with Gasteiger partial charge in [0.15, 0.2) is 0 Å². The number of hydrogen-bond donors (Lipinski definition) is 2. The molecule has 2 rings (SSSR count). The first-order valence-electron chi connectivity index (χ1n) is 8.86. The van der Waals surface area contributed by atoms with Gasteiger partial charge in [0.05, 0.1) is 0 Å². The molecule has 0 amide bonds. The molecule has 1 atom stereocenters. The summed E-state index contributed by atoms with van der Waals surface area (Å²) in [5.74, 6) is 0.668. The predicted molar refractivity (Wildman–Crippen MR) is 94.5 cm³/mol. The van der Waals surface area contributed by atoms with E-state index in [4.69, 9.17) is 0 Å². The average molecular weight is 317 g/mol. The molecule has 1 aliphatic rings. The summed E-state index contributed by atoms with van der Waals surface area (Å²) in [7, 11) is 0. The Hall–Kier alpha value is -1.35. The smallest absolute Gasteiger partial charge is 0.321 e. The van der Waals surface area contributed by atoms with Gasteiger partial charge in [0.2, 0.25) is 0 Å². The van der Waals surface area contributed by atoms with E-state index < -0.39 is 12.0 Å². The zero-order chi connectivity index (χ0) is 16.9. The molecule has 23 heavy (non-hydrogen) atoms. The number of nitrogens with one attached hydrogen (secondary N) is 1. The maximum absolute atomic E-state index is 11.5. The zero-order valence-electron chi connectivity index (χ0n) is 14.7. The van der Waals surface area contributed by atoms with Crippen molar-refractivity contribution in [3.8, 4) is 0 Å². The summed E-state index contributed by atoms with van der Waals surface area (Å²) in [5.41, 5.74) is 1.47. The quantitative estimate of drug-likeness (QED) is 0.829. The standard InChI is InChI=1S/C20H31NO2/c1-20(2,3)17-11-9-16(10-12-17)14-21-18(19(22)23)13-15-7-5-4-6-8-15/h4-8,16-18,21H,9-14H2,1-3H3,(H,22,23). The van der Waals surface area contributed by atoms with Crippen LogP contribution >= 0.6 is 0 Å². The van der Waals surface area contributed by atoms with E-state index in [-0.39, 0.29) is 0 Å². The van der Waals surface area contributed by atoms with Crippen molar-refractivity contribution >= 4 is 5.97 Å². The highest BCUT2D eigenvalue weighted by Gasteiger charge is 2.30. The number of rotatable bonds is 6. The molecule has 1 aliphatic carbocycles. The van der Waals surface area contributed by atoms with Crippen LogP contribution in [-0.4, -0.2) is 23.7 Å². The molecular weight excluding hydrogens is 286 g/mol. The Labute approximate surface area is 140 Å². The zero-order valence-corrected chi connectivity index (χ0v) is 14.7. The van der Waals surface area contributed by atoms with Crippen molar-refractivity contribution in [1.29, 1.82) is 0 Å². The molecule has 0 radical (unpaired) electrons. The first kappa shape index (κ1) is 18.0. The monoisotopic (exact) mass is 317 g/mol. The van der Waals surface area contributed by atoms with Crippen LogP contribution in [0.2, 0.25) is 0 Å². The lowest BCUT2D eigenvalue weighted by Crippen LogP contribution is -2.42. The third-order valence-corrected chi connectivity index (χ3v) is 5.31. The molecule has 1 aromatic carbocycles. The van der Waals surface area contributed by atoms with Crippen molar-refractivity contribution in [2.24, 2.45) is 17.3 Å². The molecule has 2 N–H and O–H groups in total. The third-order valence-electron chi connectivity index (χ3n) is 5.31. The van der Waals surface area contributed by atoms with Crippen LogP contribution in [0.25, 0.3) is 0 Å². The van der Waals surface area contributed by atoms with E-state index in [9.17, 15) is 9.90 Å². The van der Waals surface area contributed by atoms with Crippen molar-refractivity contribution in [1.82, 2.24) is 5.32 Å². The van der Waals surface area contributed by atoms with E-state index >= 15 is 0 Å². The highest BCUT2D eigenvalue weighted by Crippen LogP contribution is 2.39. The Morgan fingerprint density at radius 1 is 1.17 bits per heavy atom. The van der Waals surface area contributed by atoms with Crippen LogP contribution in [0.1, 0.15) is 52.0 Å². The van der Waals surface area contributed by atoms with E-state index in [0.717, 1.165) is 18.0 Å². The number of carbonyl (C=O) groups is 1. The van der Waals surface area contributed by atoms with Crippen LogP contribution in [0.5, 0.6) is 0 Å². The molecule has 3 heteroatoms. The lowest BCUT2D eigenvalue weighted by molar-refractivity contribution is -0.139. The summed E-state index contributed by atoms with van der Waals surface area (Å²) in [5, 5.41) is 12.7. The van der Waals surface area contributed by atoms with Gasteiger partial charge in [0.1, 0.15) is 6.04 Å². The predicted octanol–water partition coefficient (Wildman–Crippen LogP) is 4.12. The summed E-state index contributed by atoms with van der Waals surface area (Å²) in [6.45, 7) is 7.81. The number of hydrogen-bond acceptors (Lipinski definition) is 2. The summed E-state index contributed by atoms with van der Waals surface area (Å²) in [4.78, 5) is 11.5. The first-order valence-corrected chi connectivity index (χ1v) is 8.86. The molecule has 1 unspecified atom stereocenters. The van der Waals surface area contributed by atoms with E-state index in [1.165, 1.54) is 25.7 Å². The van der Waals surface area contributed by atoms with Gasteiger partial charge in [0.25, 0.3) is 0 Å². The fraction of sp³-hybridized carbons (Fsp3) is 0.650. The first-order chi connectivity index (χ1) is 10.9. The van der Waals surface area contributed by atoms with Crippen molar-refractivity contribution < 1.29 is 9.90 Å². The molecular formula is C20H31NO2. The number of carboxylic acid groups (broad SMARTS) is 1. The Balaban J connectivity index is 1.80. The second-order valence-electron chi connectivity index (χ2n) is 8.07. The molecule has 0 aliphatic heterocycles. The molecule has 0 aromatic heterocycles. The Morgan fingerprint density at radius 2 is 1.78 bits per heavy atom. The molecule has 1 saturated carbocycles. The number of carboxylic acids is 1. The van der Waals surface area contributed by atoms with E-state index in [0.29, 0.717) is 17.8 Å². The van der Waals surface area contributed by atoms with Gasteiger partial charge in [-0.3, -0.25) is 4.79 Å². The highest BCUT2D eigenvalue weighted by molar-refractivity contribution is 5.73. The molecule has 0 spiro atoms. The van der Waals surface area contributed by atoms with Crippen LogP contribution in [0.4, 0.5) is 0 Å². The Morgan fingerprint density at radius 3 is 2.30 bits per heavy atom. The van der Waals surface area contributed by atoms with Gasteiger partial charge in [-0.25, -0.2) is 0 Å². The van der Waals surface area contributed by atoms with Crippen LogP contribution in [0.15, 0.2) is 30.3 Å². The van der Waals surface area contributed by atoms with Crippen molar-refractivity contribution in [3.05, 3.63) is 35.9 Å². The maximum atomic E-state index is 11.5. The van der Waals surface area contributed by atoms with Crippen molar-refractivity contribution in [2.75, 3.05) is 6.54 Å². The lowest BCUT2D eigenvalue weighted by atomic mass is 9.70. The normalized spacial score (nSPS) is 23.4. The van der Waals surface area contributed by atoms with Crippen molar-refractivity contribution in [2.45, 2.75) is 58.9 Å². The summed E-state index contributed by atoms with van der Waals surface area (Å²) >= 11 is 0. The summed E-state index contributed by atoms with van der Waals surface area (Å²) in [6.07, 6.45) is 5.52. The largest absolute Gasteiger partial charge is 0.480 e. The third kappa shape index (κ3) is 5.65. The van der Waals surface area contributed by atoms with Gasteiger partial charge < -0.3 is 10.4 Å². The molecule has 1 fully saturated rings. The topological polar surface area (TPSA) is 49.3 Å². The maximum Gasteiger partial charge on any atom is 0.321 e. The second-order valence-corrected chi connectivity index (χ2v) is 8.07. The lowest BCUT2D eigenvalue weighted by Gasteiger charge is -2.37. The molecule has 3 nitrogen and oxygen atoms in total.